The number of hydrogen-bond acceptors (Lipinski definition) is 2. The van der Waals surface area contributed by atoms with E-state index in [9.17, 15) is 0 Å². The van der Waals surface area contributed by atoms with Crippen molar-refractivity contribution in [2.24, 2.45) is 0 Å². The van der Waals surface area contributed by atoms with E-state index in [1.165, 1.54) is 20.5 Å². The summed E-state index contributed by atoms with van der Waals surface area (Å²) >= 11 is 8.89. The highest BCUT2D eigenvalue weighted by Gasteiger charge is 2.16. The van der Waals surface area contributed by atoms with Crippen LogP contribution in [-0.2, 0) is 6.42 Å². The molecule has 18 heavy (non-hydrogen) atoms. The van der Waals surface area contributed by atoms with Crippen molar-refractivity contribution in [1.82, 2.24) is 5.32 Å². The van der Waals surface area contributed by atoms with Gasteiger partial charge in [-0.05, 0) is 69.4 Å². The van der Waals surface area contributed by atoms with E-state index in [4.69, 9.17) is 0 Å². The first kappa shape index (κ1) is 14.3. The number of aryl methyl sites for hydroxylation is 1. The summed E-state index contributed by atoms with van der Waals surface area (Å²) in [5.74, 6) is 0. The molecule has 0 spiro atoms. The average molecular weight is 389 g/mol. The van der Waals surface area contributed by atoms with E-state index < -0.39 is 0 Å². The van der Waals surface area contributed by atoms with Crippen molar-refractivity contribution >= 4 is 43.2 Å². The molecule has 1 N–H and O–H groups in total. The van der Waals surface area contributed by atoms with Crippen LogP contribution in [0.15, 0.2) is 37.9 Å². The number of hydrogen-bond donors (Lipinski definition) is 1. The van der Waals surface area contributed by atoms with Gasteiger partial charge in [-0.2, -0.15) is 0 Å². The van der Waals surface area contributed by atoms with Crippen LogP contribution < -0.4 is 5.32 Å². The summed E-state index contributed by atoms with van der Waals surface area (Å²) in [4.78, 5) is 0. The summed E-state index contributed by atoms with van der Waals surface area (Å²) < 4.78 is 2.36. The lowest BCUT2D eigenvalue weighted by Gasteiger charge is -2.16. The van der Waals surface area contributed by atoms with Crippen molar-refractivity contribution in [2.75, 3.05) is 7.05 Å². The maximum absolute atomic E-state index is 3.63. The quantitative estimate of drug-likeness (QED) is 0.769. The molecule has 0 saturated carbocycles. The molecular weight excluding hydrogens is 374 g/mol. The van der Waals surface area contributed by atoms with Crippen LogP contribution in [0.1, 0.15) is 22.7 Å². The van der Waals surface area contributed by atoms with Gasteiger partial charge in [0.2, 0.25) is 0 Å². The van der Waals surface area contributed by atoms with Crippen molar-refractivity contribution in [3.8, 4) is 0 Å². The van der Waals surface area contributed by atoms with Gasteiger partial charge >= 0.3 is 0 Å². The summed E-state index contributed by atoms with van der Waals surface area (Å²) in [7, 11) is 2.01. The molecule has 0 fully saturated rings. The van der Waals surface area contributed by atoms with Crippen LogP contribution >= 0.6 is 43.2 Å². The molecule has 1 aromatic heterocycles. The van der Waals surface area contributed by atoms with Crippen molar-refractivity contribution in [1.29, 1.82) is 0 Å². The molecule has 0 bridgehead atoms. The highest BCUT2D eigenvalue weighted by molar-refractivity contribution is 9.12. The van der Waals surface area contributed by atoms with Gasteiger partial charge in [-0.15, -0.1) is 11.3 Å². The van der Waals surface area contributed by atoms with Gasteiger partial charge in [0, 0.05) is 6.04 Å². The van der Waals surface area contributed by atoms with E-state index in [2.05, 4.69) is 74.4 Å². The Morgan fingerprint density at radius 3 is 2.61 bits per heavy atom. The van der Waals surface area contributed by atoms with Crippen LogP contribution in [0.5, 0.6) is 0 Å². The lowest BCUT2D eigenvalue weighted by atomic mass is 10.0. The topological polar surface area (TPSA) is 12.0 Å². The van der Waals surface area contributed by atoms with Crippen molar-refractivity contribution in [3.05, 3.63) is 54.6 Å². The number of nitrogens with one attached hydrogen (secondary N) is 1. The molecular formula is C14H15Br2NS. The minimum Gasteiger partial charge on any atom is -0.313 e. The van der Waals surface area contributed by atoms with Gasteiger partial charge < -0.3 is 5.32 Å². The fourth-order valence-corrected chi connectivity index (χ4v) is 5.01. The molecule has 1 nitrogen and oxygen atoms in total. The van der Waals surface area contributed by atoms with Gasteiger partial charge in [-0.3, -0.25) is 0 Å². The Balaban J connectivity index is 2.22. The Morgan fingerprint density at radius 1 is 1.28 bits per heavy atom. The number of benzene rings is 1. The molecule has 2 rings (SSSR count). The van der Waals surface area contributed by atoms with E-state index in [-0.39, 0.29) is 0 Å². The van der Waals surface area contributed by atoms with Crippen molar-refractivity contribution < 1.29 is 0 Å². The second-order valence-corrected chi connectivity index (χ2v) is 8.06. The van der Waals surface area contributed by atoms with Crippen LogP contribution in [0.3, 0.4) is 0 Å². The fraction of sp³-hybridized carbons (Fsp3) is 0.286. The minimum atomic E-state index is 0.337. The summed E-state index contributed by atoms with van der Waals surface area (Å²) in [5, 5.41) is 3.40. The van der Waals surface area contributed by atoms with E-state index in [0.717, 1.165) is 10.2 Å². The Hall–Kier alpha value is -0.160. The molecule has 0 aliphatic carbocycles. The van der Waals surface area contributed by atoms with Gasteiger partial charge in [0.15, 0.2) is 0 Å². The van der Waals surface area contributed by atoms with Crippen molar-refractivity contribution in [3.63, 3.8) is 0 Å². The second kappa shape index (κ2) is 6.33. The summed E-state index contributed by atoms with van der Waals surface area (Å²) in [6.45, 7) is 2.13. The number of rotatable bonds is 4. The number of thiophene rings is 1. The lowest BCUT2D eigenvalue weighted by Crippen LogP contribution is -2.18. The Labute approximate surface area is 129 Å². The minimum absolute atomic E-state index is 0.337. The first-order chi connectivity index (χ1) is 8.60. The maximum Gasteiger partial charge on any atom is 0.0758 e. The smallest absolute Gasteiger partial charge is 0.0758 e. The number of halogens is 2. The van der Waals surface area contributed by atoms with Gasteiger partial charge in [0.25, 0.3) is 0 Å². The highest BCUT2D eigenvalue weighted by Crippen LogP contribution is 2.36. The zero-order chi connectivity index (χ0) is 13.1. The number of likely N-dealkylation sites (N-methyl/N-ethyl adjacent to an activating group) is 1. The Bertz CT molecular complexity index is 536. The molecule has 1 heterocycles. The zero-order valence-corrected chi connectivity index (χ0v) is 14.3. The molecule has 0 aliphatic rings. The second-order valence-electron chi connectivity index (χ2n) is 4.31. The highest BCUT2D eigenvalue weighted by atomic mass is 79.9. The SMILES string of the molecule is CNC(Cc1cccc(C)c1)c1cc(Br)sc1Br. The molecule has 1 aromatic carbocycles. The average Bonchev–Trinajstić information content (AvgIpc) is 2.65. The molecule has 0 aliphatic heterocycles. The Kier molecular flexibility index (Phi) is 5.01. The molecule has 4 heteroatoms. The maximum atomic E-state index is 3.63. The predicted octanol–water partition coefficient (Wildman–Crippen LogP) is 5.08. The van der Waals surface area contributed by atoms with E-state index in [0.29, 0.717) is 6.04 Å². The monoisotopic (exact) mass is 387 g/mol. The summed E-state index contributed by atoms with van der Waals surface area (Å²) in [6, 6.07) is 11.2. The van der Waals surface area contributed by atoms with Crippen molar-refractivity contribution in [2.45, 2.75) is 19.4 Å². The normalized spacial score (nSPS) is 12.7. The largest absolute Gasteiger partial charge is 0.313 e. The first-order valence-corrected chi connectivity index (χ1v) is 8.18. The van der Waals surface area contributed by atoms with Crippen LogP contribution in [0.4, 0.5) is 0 Å². The molecule has 1 unspecified atom stereocenters. The molecule has 0 saturated heterocycles. The van der Waals surface area contributed by atoms with E-state index in [1.807, 2.05) is 7.05 Å². The molecule has 0 amide bonds. The lowest BCUT2D eigenvalue weighted by molar-refractivity contribution is 0.592. The molecule has 0 radical (unpaired) electrons. The zero-order valence-electron chi connectivity index (χ0n) is 10.3. The van der Waals surface area contributed by atoms with Gasteiger partial charge in [0.05, 0.1) is 7.57 Å². The van der Waals surface area contributed by atoms with E-state index in [1.54, 1.807) is 11.3 Å². The molecule has 96 valence electrons. The molecule has 2 aromatic rings. The van der Waals surface area contributed by atoms with Crippen LogP contribution in [0.2, 0.25) is 0 Å². The van der Waals surface area contributed by atoms with E-state index >= 15 is 0 Å². The third-order valence-corrected chi connectivity index (χ3v) is 5.31. The molecule has 1 atom stereocenters. The van der Waals surface area contributed by atoms with Crippen LogP contribution in [-0.4, -0.2) is 7.05 Å². The van der Waals surface area contributed by atoms with Crippen LogP contribution in [0, 0.1) is 6.92 Å². The standard InChI is InChI=1S/C14H15Br2NS/c1-9-4-3-5-10(6-9)7-12(17-2)11-8-13(15)18-14(11)16/h3-6,8,12,17H,7H2,1-2H3. The third-order valence-electron chi connectivity index (χ3n) is 2.93. The van der Waals surface area contributed by atoms with Gasteiger partial charge in [-0.1, -0.05) is 29.8 Å². The van der Waals surface area contributed by atoms with Gasteiger partial charge in [-0.25, -0.2) is 0 Å². The third kappa shape index (κ3) is 3.44. The van der Waals surface area contributed by atoms with Gasteiger partial charge in [0.1, 0.15) is 0 Å². The first-order valence-electron chi connectivity index (χ1n) is 5.77. The van der Waals surface area contributed by atoms with Crippen LogP contribution in [0.25, 0.3) is 0 Å². The summed E-state index contributed by atoms with van der Waals surface area (Å²) in [5.41, 5.74) is 3.99. The summed E-state index contributed by atoms with van der Waals surface area (Å²) in [6.07, 6.45) is 1.000. The fourth-order valence-electron chi connectivity index (χ4n) is 2.03. The predicted molar refractivity (Wildman–Crippen MR) is 86.4 cm³/mol. The Morgan fingerprint density at radius 2 is 2.06 bits per heavy atom.